The lowest BCUT2D eigenvalue weighted by molar-refractivity contribution is -0.137. The van der Waals surface area contributed by atoms with Crippen LogP contribution >= 0.6 is 11.3 Å². The maximum absolute atomic E-state index is 12.8. The van der Waals surface area contributed by atoms with Gasteiger partial charge in [-0.1, -0.05) is 133 Å². The number of ether oxygens (including phenoxy) is 1. The number of aryl methyl sites for hydroxylation is 1. The highest BCUT2D eigenvalue weighted by atomic mass is 32.1. The molecular formula is C68H46F3N5OS. The van der Waals surface area contributed by atoms with Crippen LogP contribution in [0.5, 0.6) is 5.75 Å². The highest BCUT2D eigenvalue weighted by Crippen LogP contribution is 2.31. The zero-order valence-corrected chi connectivity index (χ0v) is 43.3. The highest BCUT2D eigenvalue weighted by Gasteiger charge is 2.31. The molecule has 4 aliphatic heterocycles. The Hall–Kier alpha value is -9.84. The van der Waals surface area contributed by atoms with Crippen LogP contribution < -0.4 is 4.74 Å². The fraction of sp³-hybridized carbons (Fsp3) is 0.103. The highest BCUT2D eigenvalue weighted by molar-refractivity contribution is 7.08. The summed E-state index contributed by atoms with van der Waals surface area (Å²) in [6.07, 6.45) is -2.62. The number of nitrogens with zero attached hydrogens (tertiary/aromatic N) is 5. The smallest absolute Gasteiger partial charge is 0.416 e. The van der Waals surface area contributed by atoms with Crippen LogP contribution in [-0.4, -0.2) is 34.9 Å². The molecule has 0 amide bonds. The first-order chi connectivity index (χ1) is 38.1. The maximum atomic E-state index is 12.8. The van der Waals surface area contributed by atoms with E-state index in [-0.39, 0.29) is 0 Å². The number of hydrogen-bond donors (Lipinski definition) is 0. The largest absolute Gasteiger partial charge is 0.497 e. The second-order valence-corrected chi connectivity index (χ2v) is 18.8. The van der Waals surface area contributed by atoms with E-state index >= 15 is 0 Å². The summed E-state index contributed by atoms with van der Waals surface area (Å²) < 4.78 is 43.7. The zero-order valence-electron chi connectivity index (χ0n) is 42.5. The maximum Gasteiger partial charge on any atom is 0.416 e. The van der Waals surface area contributed by atoms with Gasteiger partial charge in [0.1, 0.15) is 34.3 Å². The molecule has 7 aromatic carbocycles. The third-order valence-corrected chi connectivity index (χ3v) is 13.3. The number of aliphatic imine (C=N–C) groups is 4. The Morgan fingerprint density at radius 2 is 0.923 bits per heavy atom. The van der Waals surface area contributed by atoms with Gasteiger partial charge in [0.2, 0.25) is 0 Å². The molecule has 6 heterocycles. The van der Waals surface area contributed by atoms with Crippen molar-refractivity contribution in [1.29, 1.82) is 0 Å². The van der Waals surface area contributed by atoms with Crippen LogP contribution in [0.15, 0.2) is 213 Å². The molecule has 0 unspecified atom stereocenters. The summed E-state index contributed by atoms with van der Waals surface area (Å²) in [6.45, 7) is 4.44. The van der Waals surface area contributed by atoms with Crippen molar-refractivity contribution in [2.24, 2.45) is 20.0 Å². The molecule has 376 valence electrons. The summed E-state index contributed by atoms with van der Waals surface area (Å²) in [5.41, 5.74) is 15.7. The Kier molecular flexibility index (Phi) is 16.0. The van der Waals surface area contributed by atoms with Crippen molar-refractivity contribution in [3.8, 4) is 53.1 Å². The van der Waals surface area contributed by atoms with Gasteiger partial charge in [-0.15, -0.1) is 0 Å². The van der Waals surface area contributed by atoms with Gasteiger partial charge in [0.25, 0.3) is 0 Å². The second-order valence-electron chi connectivity index (χ2n) is 18.0. The Balaban J connectivity index is 0.000000119. The minimum Gasteiger partial charge on any atom is -0.497 e. The molecule has 0 spiro atoms. The number of thiophene rings is 1. The van der Waals surface area contributed by atoms with Gasteiger partial charge < -0.3 is 4.74 Å². The minimum absolute atomic E-state index is 0.347. The number of halogens is 3. The lowest BCUT2D eigenvalue weighted by atomic mass is 10.0. The van der Waals surface area contributed by atoms with Crippen LogP contribution in [0, 0.1) is 54.3 Å². The van der Waals surface area contributed by atoms with E-state index in [2.05, 4.69) is 132 Å². The molecule has 2 aromatic heterocycles. The van der Waals surface area contributed by atoms with Crippen molar-refractivity contribution in [2.45, 2.75) is 39.3 Å². The summed E-state index contributed by atoms with van der Waals surface area (Å²) in [4.78, 5) is 21.9. The van der Waals surface area contributed by atoms with Crippen LogP contribution in [0.3, 0.4) is 0 Å². The molecule has 6 nitrogen and oxygen atoms in total. The zero-order chi connectivity index (χ0) is 53.7. The molecule has 0 radical (unpaired) electrons. The van der Waals surface area contributed by atoms with Crippen LogP contribution in [-0.2, 0) is 32.4 Å². The number of hydrogen-bond acceptors (Lipinski definition) is 7. The first-order valence-corrected chi connectivity index (χ1v) is 25.9. The molecule has 0 bridgehead atoms. The van der Waals surface area contributed by atoms with Gasteiger partial charge in [-0.2, -0.15) is 24.5 Å². The van der Waals surface area contributed by atoms with Crippen molar-refractivity contribution in [1.82, 2.24) is 4.98 Å². The molecule has 0 atom stereocenters. The van der Waals surface area contributed by atoms with Gasteiger partial charge in [-0.05, 0) is 141 Å². The minimum atomic E-state index is -4.36. The number of pyridine rings is 1. The SMILES string of the molecule is C(#Cc1ccccn1)C1=NCc2ccccc21.C(#Cc1ccsc1)C1=NCc2ccccc21.COc1ccc2cc(C#CC3=NCc4ccccc43)ccc2c1.Cc1cc(C#CC2=NCc3ccccc32)cc(C(F)(F)F)c1. The third-order valence-electron chi connectivity index (χ3n) is 12.6. The van der Waals surface area contributed by atoms with E-state index < -0.39 is 11.7 Å². The van der Waals surface area contributed by atoms with Crippen LogP contribution in [0.4, 0.5) is 13.2 Å². The van der Waals surface area contributed by atoms with Crippen molar-refractivity contribution < 1.29 is 17.9 Å². The molecular weight excluding hydrogens is 992 g/mol. The van der Waals surface area contributed by atoms with Crippen molar-refractivity contribution in [3.05, 3.63) is 271 Å². The monoisotopic (exact) mass is 1040 g/mol. The fourth-order valence-corrected chi connectivity index (χ4v) is 9.31. The molecule has 0 N–H and O–H groups in total. The molecule has 78 heavy (non-hydrogen) atoms. The van der Waals surface area contributed by atoms with Crippen molar-refractivity contribution >= 4 is 45.0 Å². The van der Waals surface area contributed by atoms with E-state index in [0.29, 0.717) is 23.4 Å². The van der Waals surface area contributed by atoms with Crippen LogP contribution in [0.2, 0.25) is 0 Å². The van der Waals surface area contributed by atoms with E-state index in [9.17, 15) is 13.2 Å². The van der Waals surface area contributed by atoms with E-state index in [4.69, 9.17) is 4.74 Å². The van der Waals surface area contributed by atoms with E-state index in [1.165, 1.54) is 22.3 Å². The first-order valence-electron chi connectivity index (χ1n) is 24.9. The first kappa shape index (κ1) is 51.6. The summed E-state index contributed by atoms with van der Waals surface area (Å²) in [5, 5.41) is 6.40. The van der Waals surface area contributed by atoms with Crippen LogP contribution in [0.1, 0.15) is 78.0 Å². The Morgan fingerprint density at radius 1 is 0.449 bits per heavy atom. The summed E-state index contributed by atoms with van der Waals surface area (Å²) in [6, 6.07) is 56.3. The van der Waals surface area contributed by atoms with Gasteiger partial charge in [-0.25, -0.2) is 4.98 Å². The number of aromatic nitrogens is 1. The van der Waals surface area contributed by atoms with Crippen molar-refractivity contribution in [2.75, 3.05) is 7.11 Å². The van der Waals surface area contributed by atoms with E-state index in [0.717, 1.165) is 104 Å². The quantitative estimate of drug-likeness (QED) is 0.154. The molecule has 0 saturated heterocycles. The molecule has 0 fully saturated rings. The normalized spacial score (nSPS) is 12.6. The number of fused-ring (bicyclic) bond motifs is 5. The average molecular weight is 1040 g/mol. The lowest BCUT2D eigenvalue weighted by Crippen LogP contribution is -2.05. The van der Waals surface area contributed by atoms with E-state index in [1.54, 1.807) is 37.6 Å². The summed E-state index contributed by atoms with van der Waals surface area (Å²) in [5.74, 6) is 25.4. The van der Waals surface area contributed by atoms with Gasteiger partial charge in [-0.3, -0.25) is 20.0 Å². The Bertz CT molecular complexity index is 4110. The summed E-state index contributed by atoms with van der Waals surface area (Å²) >= 11 is 1.67. The van der Waals surface area contributed by atoms with Gasteiger partial charge in [0.05, 0.1) is 38.9 Å². The van der Waals surface area contributed by atoms with Gasteiger partial charge in [0, 0.05) is 50.5 Å². The number of benzene rings is 7. The van der Waals surface area contributed by atoms with Gasteiger partial charge in [0.15, 0.2) is 0 Å². The van der Waals surface area contributed by atoms with Gasteiger partial charge >= 0.3 is 6.18 Å². The van der Waals surface area contributed by atoms with E-state index in [1.807, 2.05) is 109 Å². The number of rotatable bonds is 1. The number of methoxy groups -OCH3 is 1. The molecule has 9 aromatic rings. The molecule has 4 aliphatic rings. The summed E-state index contributed by atoms with van der Waals surface area (Å²) in [7, 11) is 1.68. The standard InChI is InChI=1S/C21H15NO.C18H12F3N.C15H10N2.C14H9NS/c1-23-19-10-9-16-12-15(6-8-17(16)13-19)7-11-21-20-5-3-2-4-18(20)14-22-21;1-12-8-13(10-15(9-12)18(19,20)21)6-7-17-16-5-3-2-4-14(16)11-22-17;1-2-7-14-12(5-1)11-17-15(14)9-8-13-6-3-4-10-16-13;1-2-4-13-12(3-1)9-15-14(13)6-5-11-7-8-16-10-11/h2-6,8-10,12-13H,14H2,1H3;2-5,8-10H,11H2,1H3;1-7,10H,11H2;1-4,7-8,10H,9H2. The fourth-order valence-electron chi connectivity index (χ4n) is 8.72. The molecule has 0 saturated carbocycles. The molecule has 10 heteroatoms. The predicted octanol–water partition coefficient (Wildman–Crippen LogP) is 14.1. The predicted molar refractivity (Wildman–Crippen MR) is 309 cm³/mol. The topological polar surface area (TPSA) is 71.6 Å². The second kappa shape index (κ2) is 24.2. The third kappa shape index (κ3) is 13.0. The Labute approximate surface area is 455 Å². The lowest BCUT2D eigenvalue weighted by Gasteiger charge is -2.07. The molecule has 13 rings (SSSR count). The number of alkyl halides is 3. The average Bonchev–Trinajstić information content (AvgIpc) is 4.36. The van der Waals surface area contributed by atoms with Crippen molar-refractivity contribution in [3.63, 3.8) is 0 Å². The van der Waals surface area contributed by atoms with Crippen LogP contribution in [0.25, 0.3) is 10.8 Å². The Morgan fingerprint density at radius 3 is 1.41 bits per heavy atom. The molecule has 0 aliphatic carbocycles.